The second kappa shape index (κ2) is 7.20. The van der Waals surface area contributed by atoms with Gasteiger partial charge in [0, 0.05) is 35.9 Å². The molecular formula is C17H17Cl2N3O. The maximum atomic E-state index is 12.3. The third-order valence-electron chi connectivity index (χ3n) is 4.01. The molecule has 4 nitrogen and oxygen atoms in total. The van der Waals surface area contributed by atoms with E-state index < -0.39 is 0 Å². The number of anilines is 2. The van der Waals surface area contributed by atoms with Crippen molar-refractivity contribution in [3.05, 3.63) is 52.6 Å². The molecule has 3 rings (SSSR count). The quantitative estimate of drug-likeness (QED) is 0.900. The Morgan fingerprint density at radius 1 is 1.04 bits per heavy atom. The van der Waals surface area contributed by atoms with Crippen LogP contribution in [0.5, 0.6) is 0 Å². The fraction of sp³-hybridized carbons (Fsp3) is 0.294. The summed E-state index contributed by atoms with van der Waals surface area (Å²) in [6.45, 7) is 1.63. The third-order valence-corrected chi connectivity index (χ3v) is 4.49. The molecule has 1 aliphatic heterocycles. The molecule has 1 amide bonds. The second-order valence-corrected chi connectivity index (χ2v) is 6.46. The first-order valence-electron chi connectivity index (χ1n) is 7.55. The summed E-state index contributed by atoms with van der Waals surface area (Å²) in [4.78, 5) is 18.9. The molecule has 1 saturated heterocycles. The van der Waals surface area contributed by atoms with Gasteiger partial charge < -0.3 is 10.2 Å². The molecule has 2 heterocycles. The van der Waals surface area contributed by atoms with Crippen LogP contribution in [0.15, 0.2) is 42.6 Å². The van der Waals surface area contributed by atoms with Crippen molar-refractivity contribution in [3.8, 4) is 0 Å². The Kier molecular flexibility index (Phi) is 5.03. The maximum absolute atomic E-state index is 12.3. The zero-order valence-corrected chi connectivity index (χ0v) is 14.0. The smallest absolute Gasteiger partial charge is 0.227 e. The lowest BCUT2D eigenvalue weighted by Crippen LogP contribution is -2.38. The zero-order chi connectivity index (χ0) is 16.2. The van der Waals surface area contributed by atoms with Gasteiger partial charge in [-0.1, -0.05) is 23.2 Å². The van der Waals surface area contributed by atoms with Crippen molar-refractivity contribution in [2.24, 2.45) is 5.92 Å². The number of pyridine rings is 1. The van der Waals surface area contributed by atoms with Crippen molar-refractivity contribution in [1.29, 1.82) is 0 Å². The molecule has 0 unspecified atom stereocenters. The molecule has 2 aromatic rings. The van der Waals surface area contributed by atoms with E-state index in [9.17, 15) is 4.79 Å². The zero-order valence-electron chi connectivity index (χ0n) is 12.5. The lowest BCUT2D eigenvalue weighted by molar-refractivity contribution is -0.120. The average Bonchev–Trinajstić information content (AvgIpc) is 2.58. The molecule has 1 fully saturated rings. The fourth-order valence-corrected chi connectivity index (χ4v) is 2.94. The Bertz CT molecular complexity index is 665. The first kappa shape index (κ1) is 16.1. The van der Waals surface area contributed by atoms with Gasteiger partial charge in [0.15, 0.2) is 0 Å². The molecule has 0 aliphatic carbocycles. The lowest BCUT2D eigenvalue weighted by atomic mass is 9.96. The number of carbonyl (C=O) groups excluding carboxylic acids is 1. The maximum Gasteiger partial charge on any atom is 0.227 e. The molecule has 120 valence electrons. The second-order valence-electron chi connectivity index (χ2n) is 5.59. The van der Waals surface area contributed by atoms with Crippen LogP contribution in [0, 0.1) is 5.92 Å². The molecule has 0 saturated carbocycles. The number of halogens is 2. The largest absolute Gasteiger partial charge is 0.357 e. The topological polar surface area (TPSA) is 45.2 Å². The minimum atomic E-state index is 0.0224. The van der Waals surface area contributed by atoms with E-state index in [1.165, 1.54) is 0 Å². The van der Waals surface area contributed by atoms with Crippen molar-refractivity contribution in [3.63, 3.8) is 0 Å². The highest BCUT2D eigenvalue weighted by molar-refractivity contribution is 6.30. The van der Waals surface area contributed by atoms with Crippen LogP contribution in [-0.2, 0) is 4.79 Å². The van der Waals surface area contributed by atoms with Crippen LogP contribution in [0.25, 0.3) is 0 Å². The van der Waals surface area contributed by atoms with Gasteiger partial charge >= 0.3 is 0 Å². The first-order chi connectivity index (χ1) is 11.1. The first-order valence-corrected chi connectivity index (χ1v) is 8.30. The molecule has 1 N–H and O–H groups in total. The lowest BCUT2D eigenvalue weighted by Gasteiger charge is -2.32. The standard InChI is InChI=1S/C17H17Cl2N3O/c18-13-1-4-15(5-2-13)21-17(23)12-7-9-22(10-8-12)16-6-3-14(19)11-20-16/h1-6,11-12H,7-10H2,(H,21,23). The number of nitrogens with one attached hydrogen (secondary N) is 1. The van der Waals surface area contributed by atoms with Gasteiger partial charge in [-0.05, 0) is 49.2 Å². The van der Waals surface area contributed by atoms with Gasteiger partial charge in [-0.25, -0.2) is 4.98 Å². The van der Waals surface area contributed by atoms with E-state index in [4.69, 9.17) is 23.2 Å². The highest BCUT2D eigenvalue weighted by atomic mass is 35.5. The Morgan fingerprint density at radius 2 is 1.70 bits per heavy atom. The molecular weight excluding hydrogens is 333 g/mol. The van der Waals surface area contributed by atoms with Gasteiger partial charge in [0.25, 0.3) is 0 Å². The molecule has 1 aromatic carbocycles. The van der Waals surface area contributed by atoms with Crippen LogP contribution >= 0.6 is 23.2 Å². The van der Waals surface area contributed by atoms with Gasteiger partial charge in [0.05, 0.1) is 5.02 Å². The van der Waals surface area contributed by atoms with E-state index in [-0.39, 0.29) is 11.8 Å². The number of hydrogen-bond donors (Lipinski definition) is 1. The number of rotatable bonds is 3. The molecule has 6 heteroatoms. The Morgan fingerprint density at radius 3 is 2.30 bits per heavy atom. The number of hydrogen-bond acceptors (Lipinski definition) is 3. The SMILES string of the molecule is O=C(Nc1ccc(Cl)cc1)C1CCN(c2ccc(Cl)cn2)CC1. The van der Waals surface area contributed by atoms with Crippen LogP contribution in [-0.4, -0.2) is 24.0 Å². The summed E-state index contributed by atoms with van der Waals surface area (Å²) in [5.74, 6) is 0.997. The summed E-state index contributed by atoms with van der Waals surface area (Å²) in [5, 5.41) is 4.24. The van der Waals surface area contributed by atoms with Crippen LogP contribution < -0.4 is 10.2 Å². The molecule has 0 atom stereocenters. The van der Waals surface area contributed by atoms with Crippen molar-refractivity contribution in [2.45, 2.75) is 12.8 Å². The number of aromatic nitrogens is 1. The van der Waals surface area contributed by atoms with E-state index >= 15 is 0 Å². The number of carbonyl (C=O) groups is 1. The fourth-order valence-electron chi connectivity index (χ4n) is 2.70. The predicted octanol–water partition coefficient (Wildman–Crippen LogP) is 4.24. The Hall–Kier alpha value is -1.78. The molecule has 1 aliphatic rings. The summed E-state index contributed by atoms with van der Waals surface area (Å²) in [6.07, 6.45) is 3.27. The van der Waals surface area contributed by atoms with E-state index in [1.54, 1.807) is 18.3 Å². The summed E-state index contributed by atoms with van der Waals surface area (Å²) in [7, 11) is 0. The summed E-state index contributed by atoms with van der Waals surface area (Å²) < 4.78 is 0. The van der Waals surface area contributed by atoms with Gasteiger partial charge in [-0.15, -0.1) is 0 Å². The van der Waals surface area contributed by atoms with Crippen molar-refractivity contribution in [1.82, 2.24) is 4.98 Å². The third kappa shape index (κ3) is 4.15. The van der Waals surface area contributed by atoms with Crippen LogP contribution in [0.4, 0.5) is 11.5 Å². The summed E-state index contributed by atoms with van der Waals surface area (Å²) >= 11 is 11.7. The molecule has 23 heavy (non-hydrogen) atoms. The Balaban J connectivity index is 1.54. The Labute approximate surface area is 145 Å². The highest BCUT2D eigenvalue weighted by Gasteiger charge is 2.25. The normalized spacial score (nSPS) is 15.5. The van der Waals surface area contributed by atoms with Crippen molar-refractivity contribution < 1.29 is 4.79 Å². The highest BCUT2D eigenvalue weighted by Crippen LogP contribution is 2.24. The van der Waals surface area contributed by atoms with E-state index in [1.807, 2.05) is 24.3 Å². The van der Waals surface area contributed by atoms with E-state index in [2.05, 4.69) is 15.2 Å². The van der Waals surface area contributed by atoms with Crippen molar-refractivity contribution in [2.75, 3.05) is 23.3 Å². The average molecular weight is 350 g/mol. The molecule has 1 aromatic heterocycles. The number of benzene rings is 1. The molecule has 0 spiro atoms. The van der Waals surface area contributed by atoms with E-state index in [0.29, 0.717) is 10.0 Å². The predicted molar refractivity (Wildman–Crippen MR) is 94.3 cm³/mol. The summed E-state index contributed by atoms with van der Waals surface area (Å²) in [6, 6.07) is 10.9. The van der Waals surface area contributed by atoms with Crippen LogP contribution in [0.3, 0.4) is 0 Å². The number of piperidine rings is 1. The van der Waals surface area contributed by atoms with Crippen molar-refractivity contribution >= 4 is 40.6 Å². The van der Waals surface area contributed by atoms with Crippen LogP contribution in [0.2, 0.25) is 10.0 Å². The summed E-state index contributed by atoms with van der Waals surface area (Å²) in [5.41, 5.74) is 0.779. The minimum Gasteiger partial charge on any atom is -0.357 e. The number of amides is 1. The molecule has 0 radical (unpaired) electrons. The number of nitrogens with zero attached hydrogens (tertiary/aromatic N) is 2. The monoisotopic (exact) mass is 349 g/mol. The molecule has 0 bridgehead atoms. The minimum absolute atomic E-state index is 0.0224. The van der Waals surface area contributed by atoms with Gasteiger partial charge in [-0.3, -0.25) is 4.79 Å². The van der Waals surface area contributed by atoms with Gasteiger partial charge in [-0.2, -0.15) is 0 Å². The van der Waals surface area contributed by atoms with Gasteiger partial charge in [0.2, 0.25) is 5.91 Å². The van der Waals surface area contributed by atoms with Gasteiger partial charge in [0.1, 0.15) is 5.82 Å². The van der Waals surface area contributed by atoms with Crippen LogP contribution in [0.1, 0.15) is 12.8 Å². The van der Waals surface area contributed by atoms with E-state index in [0.717, 1.165) is 37.4 Å².